The SMILES string of the molecule is O=C(O)[C@H]1CC[C@H]([C@@H]2CCCO2)O1. The minimum absolute atomic E-state index is 0.0172. The second-order valence-corrected chi connectivity index (χ2v) is 3.63. The van der Waals surface area contributed by atoms with E-state index < -0.39 is 12.1 Å². The summed E-state index contributed by atoms with van der Waals surface area (Å²) in [7, 11) is 0. The smallest absolute Gasteiger partial charge is 0.332 e. The Balaban J connectivity index is 1.86. The third-order valence-electron chi connectivity index (χ3n) is 2.71. The number of rotatable bonds is 2. The molecule has 0 aromatic rings. The van der Waals surface area contributed by atoms with Gasteiger partial charge >= 0.3 is 5.97 Å². The number of carboxylic acids is 1. The van der Waals surface area contributed by atoms with Crippen molar-refractivity contribution in [1.82, 2.24) is 0 Å². The van der Waals surface area contributed by atoms with Gasteiger partial charge in [-0.2, -0.15) is 0 Å². The molecule has 0 unspecified atom stereocenters. The van der Waals surface area contributed by atoms with Crippen molar-refractivity contribution in [3.63, 3.8) is 0 Å². The molecule has 0 saturated carbocycles. The molecular weight excluding hydrogens is 172 g/mol. The van der Waals surface area contributed by atoms with Crippen LogP contribution >= 0.6 is 0 Å². The number of hydrogen-bond donors (Lipinski definition) is 1. The van der Waals surface area contributed by atoms with Crippen LogP contribution in [0, 0.1) is 0 Å². The minimum atomic E-state index is -0.847. The zero-order valence-corrected chi connectivity index (χ0v) is 7.44. The fourth-order valence-corrected chi connectivity index (χ4v) is 2.01. The second-order valence-electron chi connectivity index (χ2n) is 3.63. The quantitative estimate of drug-likeness (QED) is 0.693. The zero-order valence-electron chi connectivity index (χ0n) is 7.44. The summed E-state index contributed by atoms with van der Waals surface area (Å²) in [5, 5.41) is 8.71. The fraction of sp³-hybridized carbons (Fsp3) is 0.889. The van der Waals surface area contributed by atoms with Crippen LogP contribution in [0.4, 0.5) is 0 Å². The van der Waals surface area contributed by atoms with E-state index in [1.54, 1.807) is 0 Å². The lowest BCUT2D eigenvalue weighted by atomic mass is 10.1. The first-order valence-corrected chi connectivity index (χ1v) is 4.77. The van der Waals surface area contributed by atoms with Gasteiger partial charge in [-0.05, 0) is 25.7 Å². The molecule has 0 amide bonds. The topological polar surface area (TPSA) is 55.8 Å². The standard InChI is InChI=1S/C9H14O4/c10-9(11)8-4-3-7(13-8)6-2-1-5-12-6/h6-8H,1-5H2,(H,10,11)/t6-,7+,8+/m0/s1. The number of carboxylic acid groups (broad SMARTS) is 1. The van der Waals surface area contributed by atoms with Crippen LogP contribution in [0.1, 0.15) is 25.7 Å². The van der Waals surface area contributed by atoms with Gasteiger partial charge in [0.15, 0.2) is 6.10 Å². The van der Waals surface area contributed by atoms with Gasteiger partial charge in [0.2, 0.25) is 0 Å². The number of carbonyl (C=O) groups is 1. The molecule has 4 heteroatoms. The Kier molecular flexibility index (Phi) is 2.51. The first-order valence-electron chi connectivity index (χ1n) is 4.77. The number of ether oxygens (including phenoxy) is 2. The molecule has 74 valence electrons. The van der Waals surface area contributed by atoms with Crippen LogP contribution in [0.3, 0.4) is 0 Å². The molecular formula is C9H14O4. The third-order valence-corrected chi connectivity index (χ3v) is 2.71. The van der Waals surface area contributed by atoms with E-state index in [1.807, 2.05) is 0 Å². The summed E-state index contributed by atoms with van der Waals surface area (Å²) < 4.78 is 10.8. The lowest BCUT2D eigenvalue weighted by Crippen LogP contribution is -2.28. The molecule has 13 heavy (non-hydrogen) atoms. The Morgan fingerprint density at radius 1 is 1.23 bits per heavy atom. The predicted octanol–water partition coefficient (Wildman–Crippen LogP) is 0.798. The van der Waals surface area contributed by atoms with Crippen molar-refractivity contribution in [2.24, 2.45) is 0 Å². The van der Waals surface area contributed by atoms with Crippen LogP contribution in [-0.4, -0.2) is 36.0 Å². The Labute approximate surface area is 76.8 Å². The van der Waals surface area contributed by atoms with Crippen LogP contribution in [0.25, 0.3) is 0 Å². The number of hydrogen-bond acceptors (Lipinski definition) is 3. The average molecular weight is 186 g/mol. The summed E-state index contributed by atoms with van der Waals surface area (Å²) in [4.78, 5) is 10.6. The molecule has 2 saturated heterocycles. The molecule has 2 rings (SSSR count). The van der Waals surface area contributed by atoms with E-state index in [-0.39, 0.29) is 12.2 Å². The van der Waals surface area contributed by atoms with Crippen LogP contribution in [-0.2, 0) is 14.3 Å². The first kappa shape index (κ1) is 8.97. The summed E-state index contributed by atoms with van der Waals surface area (Å²) in [6, 6.07) is 0. The molecule has 2 heterocycles. The van der Waals surface area contributed by atoms with Crippen molar-refractivity contribution in [3.8, 4) is 0 Å². The molecule has 0 bridgehead atoms. The molecule has 0 aliphatic carbocycles. The van der Waals surface area contributed by atoms with Crippen molar-refractivity contribution in [2.75, 3.05) is 6.61 Å². The van der Waals surface area contributed by atoms with Gasteiger partial charge in [0.05, 0.1) is 12.2 Å². The van der Waals surface area contributed by atoms with E-state index in [2.05, 4.69) is 0 Å². The van der Waals surface area contributed by atoms with E-state index in [1.165, 1.54) is 0 Å². The molecule has 0 aromatic heterocycles. The van der Waals surface area contributed by atoms with Crippen molar-refractivity contribution in [1.29, 1.82) is 0 Å². The Hall–Kier alpha value is -0.610. The normalized spacial score (nSPS) is 39.5. The fourth-order valence-electron chi connectivity index (χ4n) is 2.01. The second kappa shape index (κ2) is 3.64. The van der Waals surface area contributed by atoms with Crippen molar-refractivity contribution in [3.05, 3.63) is 0 Å². The largest absolute Gasteiger partial charge is 0.479 e. The van der Waals surface area contributed by atoms with Crippen LogP contribution in [0.2, 0.25) is 0 Å². The van der Waals surface area contributed by atoms with Gasteiger partial charge in [-0.25, -0.2) is 4.79 Å². The lowest BCUT2D eigenvalue weighted by molar-refractivity contribution is -0.152. The average Bonchev–Trinajstić information content (AvgIpc) is 2.75. The summed E-state index contributed by atoms with van der Waals surface area (Å²) in [6.07, 6.45) is 3.09. The molecule has 4 nitrogen and oxygen atoms in total. The van der Waals surface area contributed by atoms with Crippen molar-refractivity contribution in [2.45, 2.75) is 44.0 Å². The van der Waals surface area contributed by atoms with Gasteiger partial charge in [-0.3, -0.25) is 0 Å². The highest BCUT2D eigenvalue weighted by Gasteiger charge is 2.36. The monoisotopic (exact) mass is 186 g/mol. The van der Waals surface area contributed by atoms with Crippen LogP contribution < -0.4 is 0 Å². The Morgan fingerprint density at radius 3 is 2.62 bits per heavy atom. The lowest BCUT2D eigenvalue weighted by Gasteiger charge is -2.17. The highest BCUT2D eigenvalue weighted by atomic mass is 16.6. The Bertz CT molecular complexity index is 198. The predicted molar refractivity (Wildman–Crippen MR) is 44.5 cm³/mol. The summed E-state index contributed by atoms with van der Waals surface area (Å²) in [6.45, 7) is 0.794. The van der Waals surface area contributed by atoms with Gasteiger partial charge in [-0.1, -0.05) is 0 Å². The molecule has 0 radical (unpaired) electrons. The van der Waals surface area contributed by atoms with Gasteiger partial charge in [0.25, 0.3) is 0 Å². The highest BCUT2D eigenvalue weighted by molar-refractivity contribution is 5.72. The summed E-state index contributed by atoms with van der Waals surface area (Å²) in [5.74, 6) is -0.847. The maximum atomic E-state index is 10.6. The van der Waals surface area contributed by atoms with E-state index in [0.29, 0.717) is 6.42 Å². The molecule has 2 fully saturated rings. The maximum Gasteiger partial charge on any atom is 0.332 e. The summed E-state index contributed by atoms with van der Waals surface area (Å²) in [5.41, 5.74) is 0. The van der Waals surface area contributed by atoms with E-state index in [9.17, 15) is 4.79 Å². The molecule has 2 aliphatic rings. The van der Waals surface area contributed by atoms with E-state index >= 15 is 0 Å². The third kappa shape index (κ3) is 1.84. The zero-order chi connectivity index (χ0) is 9.26. The molecule has 0 aromatic carbocycles. The van der Waals surface area contributed by atoms with Gasteiger partial charge < -0.3 is 14.6 Å². The van der Waals surface area contributed by atoms with E-state index in [4.69, 9.17) is 14.6 Å². The Morgan fingerprint density at radius 2 is 2.08 bits per heavy atom. The van der Waals surface area contributed by atoms with Crippen LogP contribution in [0.5, 0.6) is 0 Å². The van der Waals surface area contributed by atoms with E-state index in [0.717, 1.165) is 25.9 Å². The molecule has 1 N–H and O–H groups in total. The molecule has 0 spiro atoms. The van der Waals surface area contributed by atoms with Gasteiger partial charge in [0, 0.05) is 6.61 Å². The first-order chi connectivity index (χ1) is 6.27. The van der Waals surface area contributed by atoms with Crippen molar-refractivity contribution < 1.29 is 19.4 Å². The van der Waals surface area contributed by atoms with Crippen molar-refractivity contribution >= 4 is 5.97 Å². The van der Waals surface area contributed by atoms with Gasteiger partial charge in [0.1, 0.15) is 0 Å². The van der Waals surface area contributed by atoms with Crippen LogP contribution in [0.15, 0.2) is 0 Å². The van der Waals surface area contributed by atoms with Gasteiger partial charge in [-0.15, -0.1) is 0 Å². The minimum Gasteiger partial charge on any atom is -0.479 e. The molecule has 3 atom stereocenters. The highest BCUT2D eigenvalue weighted by Crippen LogP contribution is 2.28. The molecule has 2 aliphatic heterocycles. The summed E-state index contributed by atoms with van der Waals surface area (Å²) >= 11 is 0. The maximum absolute atomic E-state index is 10.6. The number of aliphatic carboxylic acids is 1.